The maximum absolute atomic E-state index is 11.9. The van der Waals surface area contributed by atoms with E-state index in [9.17, 15) is 4.79 Å². The minimum Gasteiger partial charge on any atom is -0.335 e. The molecule has 2 aliphatic rings. The Balaban J connectivity index is 1.81. The number of likely N-dealkylation sites (tertiary alicyclic amines) is 1. The monoisotopic (exact) mass is 211 g/mol. The summed E-state index contributed by atoms with van der Waals surface area (Å²) >= 11 is 0. The molecule has 4 nitrogen and oxygen atoms in total. The smallest absolute Gasteiger partial charge is 0.317 e. The van der Waals surface area contributed by atoms with Crippen LogP contribution in [0.1, 0.15) is 32.6 Å². The number of nitrogens with zero attached hydrogens (tertiary/aromatic N) is 1. The first-order valence-electron chi connectivity index (χ1n) is 5.98. The SMILES string of the molecule is CC1CN(C(=O)NC2CCCC2)CC1N. The summed E-state index contributed by atoms with van der Waals surface area (Å²) in [6.45, 7) is 3.62. The Morgan fingerprint density at radius 2 is 2.00 bits per heavy atom. The fourth-order valence-corrected chi connectivity index (χ4v) is 2.49. The van der Waals surface area contributed by atoms with Gasteiger partial charge in [0, 0.05) is 25.2 Å². The van der Waals surface area contributed by atoms with E-state index in [-0.39, 0.29) is 12.1 Å². The van der Waals surface area contributed by atoms with Crippen molar-refractivity contribution >= 4 is 6.03 Å². The molecule has 1 heterocycles. The first-order valence-corrected chi connectivity index (χ1v) is 5.98. The fourth-order valence-electron chi connectivity index (χ4n) is 2.49. The topological polar surface area (TPSA) is 58.4 Å². The Kier molecular flexibility index (Phi) is 3.14. The maximum atomic E-state index is 11.9. The van der Waals surface area contributed by atoms with Crippen LogP contribution in [-0.4, -0.2) is 36.1 Å². The summed E-state index contributed by atoms with van der Waals surface area (Å²) in [7, 11) is 0. The lowest BCUT2D eigenvalue weighted by molar-refractivity contribution is 0.203. The van der Waals surface area contributed by atoms with E-state index < -0.39 is 0 Å². The Labute approximate surface area is 91.2 Å². The summed E-state index contributed by atoms with van der Waals surface area (Å²) in [5.74, 6) is 0.430. The second-order valence-electron chi connectivity index (χ2n) is 4.98. The maximum Gasteiger partial charge on any atom is 0.317 e. The van der Waals surface area contributed by atoms with Gasteiger partial charge >= 0.3 is 6.03 Å². The molecule has 2 unspecified atom stereocenters. The van der Waals surface area contributed by atoms with Gasteiger partial charge in [0.05, 0.1) is 0 Å². The summed E-state index contributed by atoms with van der Waals surface area (Å²) in [6.07, 6.45) is 4.78. The molecule has 3 N–H and O–H groups in total. The van der Waals surface area contributed by atoms with E-state index in [1.165, 1.54) is 12.8 Å². The molecule has 0 radical (unpaired) electrons. The second-order valence-corrected chi connectivity index (χ2v) is 4.98. The molecule has 2 fully saturated rings. The predicted octanol–water partition coefficient (Wildman–Crippen LogP) is 0.918. The van der Waals surface area contributed by atoms with Gasteiger partial charge in [-0.3, -0.25) is 0 Å². The number of nitrogens with two attached hydrogens (primary N) is 1. The van der Waals surface area contributed by atoms with Gasteiger partial charge in [-0.25, -0.2) is 4.79 Å². The molecule has 2 amide bonds. The van der Waals surface area contributed by atoms with Crippen molar-refractivity contribution in [1.82, 2.24) is 10.2 Å². The van der Waals surface area contributed by atoms with E-state index in [1.54, 1.807) is 0 Å². The van der Waals surface area contributed by atoms with Gasteiger partial charge in [-0.05, 0) is 18.8 Å². The Morgan fingerprint density at radius 3 is 2.53 bits per heavy atom. The van der Waals surface area contributed by atoms with Gasteiger partial charge < -0.3 is 16.0 Å². The van der Waals surface area contributed by atoms with Crippen LogP contribution in [0.25, 0.3) is 0 Å². The zero-order chi connectivity index (χ0) is 10.8. The van der Waals surface area contributed by atoms with Crippen LogP contribution in [0.4, 0.5) is 4.79 Å². The molecule has 1 saturated heterocycles. The van der Waals surface area contributed by atoms with Crippen molar-refractivity contribution in [3.8, 4) is 0 Å². The predicted molar refractivity (Wildman–Crippen MR) is 59.5 cm³/mol. The van der Waals surface area contributed by atoms with Crippen LogP contribution in [0.3, 0.4) is 0 Å². The Bertz CT molecular complexity index is 228. The molecule has 0 spiro atoms. The van der Waals surface area contributed by atoms with Gasteiger partial charge in [0.25, 0.3) is 0 Å². The number of carbonyl (C=O) groups excluding carboxylic acids is 1. The number of hydrogen-bond acceptors (Lipinski definition) is 2. The molecular weight excluding hydrogens is 190 g/mol. The lowest BCUT2D eigenvalue weighted by atomic mass is 10.1. The molecule has 1 aliphatic heterocycles. The van der Waals surface area contributed by atoms with E-state index in [4.69, 9.17) is 5.73 Å². The molecule has 1 saturated carbocycles. The van der Waals surface area contributed by atoms with Gasteiger partial charge in [0.1, 0.15) is 0 Å². The number of nitrogens with one attached hydrogen (secondary N) is 1. The van der Waals surface area contributed by atoms with Crippen molar-refractivity contribution in [2.45, 2.75) is 44.7 Å². The molecule has 2 rings (SSSR count). The second kappa shape index (κ2) is 4.39. The van der Waals surface area contributed by atoms with Gasteiger partial charge in [-0.15, -0.1) is 0 Å². The van der Waals surface area contributed by atoms with E-state index >= 15 is 0 Å². The van der Waals surface area contributed by atoms with Gasteiger partial charge in [0.15, 0.2) is 0 Å². The number of rotatable bonds is 1. The number of carbonyl (C=O) groups is 1. The summed E-state index contributed by atoms with van der Waals surface area (Å²) in [6, 6.07) is 0.644. The quantitative estimate of drug-likeness (QED) is 0.677. The molecule has 86 valence electrons. The Hall–Kier alpha value is -0.770. The average molecular weight is 211 g/mol. The lowest BCUT2D eigenvalue weighted by Gasteiger charge is -2.20. The summed E-state index contributed by atoms with van der Waals surface area (Å²) in [5, 5.41) is 3.09. The van der Waals surface area contributed by atoms with E-state index in [0.717, 1.165) is 19.4 Å². The van der Waals surface area contributed by atoms with Crippen molar-refractivity contribution in [3.63, 3.8) is 0 Å². The van der Waals surface area contributed by atoms with Gasteiger partial charge in [-0.1, -0.05) is 19.8 Å². The highest BCUT2D eigenvalue weighted by molar-refractivity contribution is 5.75. The zero-order valence-electron chi connectivity index (χ0n) is 9.41. The summed E-state index contributed by atoms with van der Waals surface area (Å²) in [5.41, 5.74) is 5.89. The highest BCUT2D eigenvalue weighted by Gasteiger charge is 2.30. The van der Waals surface area contributed by atoms with Crippen LogP contribution in [-0.2, 0) is 0 Å². The molecule has 0 aromatic carbocycles. The van der Waals surface area contributed by atoms with Crippen LogP contribution in [0.2, 0.25) is 0 Å². The number of hydrogen-bond donors (Lipinski definition) is 2. The minimum absolute atomic E-state index is 0.0849. The standard InChI is InChI=1S/C11H21N3O/c1-8-6-14(7-10(8)12)11(15)13-9-4-2-3-5-9/h8-10H,2-7,12H2,1H3,(H,13,15). The highest BCUT2D eigenvalue weighted by atomic mass is 16.2. The number of amides is 2. The molecular formula is C11H21N3O. The van der Waals surface area contributed by atoms with Gasteiger partial charge in [0.2, 0.25) is 0 Å². The van der Waals surface area contributed by atoms with Crippen molar-refractivity contribution in [1.29, 1.82) is 0 Å². The van der Waals surface area contributed by atoms with Crippen LogP contribution in [0, 0.1) is 5.92 Å². The molecule has 4 heteroatoms. The summed E-state index contributed by atoms with van der Waals surface area (Å²) in [4.78, 5) is 13.7. The van der Waals surface area contributed by atoms with Crippen LogP contribution < -0.4 is 11.1 Å². The molecule has 0 aromatic rings. The van der Waals surface area contributed by atoms with Crippen LogP contribution in [0.15, 0.2) is 0 Å². The van der Waals surface area contributed by atoms with Crippen molar-refractivity contribution in [2.75, 3.05) is 13.1 Å². The molecule has 2 atom stereocenters. The fraction of sp³-hybridized carbons (Fsp3) is 0.909. The molecule has 0 aromatic heterocycles. The van der Waals surface area contributed by atoms with E-state index in [0.29, 0.717) is 18.5 Å². The minimum atomic E-state index is 0.0849. The normalized spacial score (nSPS) is 32.3. The largest absolute Gasteiger partial charge is 0.335 e. The molecule has 1 aliphatic carbocycles. The first kappa shape index (κ1) is 10.7. The van der Waals surface area contributed by atoms with E-state index in [1.807, 2.05) is 4.90 Å². The van der Waals surface area contributed by atoms with Crippen molar-refractivity contribution in [2.24, 2.45) is 11.7 Å². The zero-order valence-corrected chi connectivity index (χ0v) is 9.41. The van der Waals surface area contributed by atoms with Crippen LogP contribution in [0.5, 0.6) is 0 Å². The third-order valence-electron chi connectivity index (χ3n) is 3.64. The molecule has 0 bridgehead atoms. The third-order valence-corrected chi connectivity index (χ3v) is 3.64. The van der Waals surface area contributed by atoms with Gasteiger partial charge in [-0.2, -0.15) is 0 Å². The number of urea groups is 1. The molecule has 15 heavy (non-hydrogen) atoms. The van der Waals surface area contributed by atoms with E-state index in [2.05, 4.69) is 12.2 Å². The highest BCUT2D eigenvalue weighted by Crippen LogP contribution is 2.19. The van der Waals surface area contributed by atoms with Crippen LogP contribution >= 0.6 is 0 Å². The average Bonchev–Trinajstić information content (AvgIpc) is 2.78. The Morgan fingerprint density at radius 1 is 1.33 bits per heavy atom. The first-order chi connectivity index (χ1) is 7.16. The summed E-state index contributed by atoms with van der Waals surface area (Å²) < 4.78 is 0. The van der Waals surface area contributed by atoms with Crippen molar-refractivity contribution in [3.05, 3.63) is 0 Å². The third kappa shape index (κ3) is 2.43. The lowest BCUT2D eigenvalue weighted by Crippen LogP contribution is -2.43. The van der Waals surface area contributed by atoms with Crippen molar-refractivity contribution < 1.29 is 4.79 Å².